The lowest BCUT2D eigenvalue weighted by molar-refractivity contribution is 0.0311. The molecule has 20 heavy (non-hydrogen) atoms. The largest absolute Gasteiger partial charge is 0.398 e. The van der Waals surface area contributed by atoms with Gasteiger partial charge in [-0.25, -0.2) is 12.8 Å². The normalized spacial score (nSPS) is 20.6. The average molecular weight is 299 g/mol. The molecule has 6 nitrogen and oxygen atoms in total. The molecule has 0 aliphatic carbocycles. The van der Waals surface area contributed by atoms with Crippen molar-refractivity contribution in [3.05, 3.63) is 23.5 Å². The van der Waals surface area contributed by atoms with E-state index in [9.17, 15) is 12.8 Å². The number of morpholine rings is 1. The molecule has 1 aliphatic rings. The first kappa shape index (κ1) is 14.7. The molecule has 0 radical (unpaired) electrons. The second-order valence-corrected chi connectivity index (χ2v) is 6.40. The van der Waals surface area contributed by atoms with Crippen LogP contribution in [0.3, 0.4) is 0 Å². The zero-order valence-corrected chi connectivity index (χ0v) is 11.7. The van der Waals surface area contributed by atoms with Gasteiger partial charge < -0.3 is 10.5 Å². The summed E-state index contributed by atoms with van der Waals surface area (Å²) in [5.74, 6) is -0.850. The fourth-order valence-electron chi connectivity index (χ4n) is 1.93. The molecule has 0 bridgehead atoms. The van der Waals surface area contributed by atoms with Crippen molar-refractivity contribution in [1.29, 1.82) is 5.26 Å². The highest BCUT2D eigenvalue weighted by Crippen LogP contribution is 2.25. The van der Waals surface area contributed by atoms with Crippen molar-refractivity contribution in [2.45, 2.75) is 17.9 Å². The lowest BCUT2D eigenvalue weighted by Crippen LogP contribution is -2.45. The Balaban J connectivity index is 2.40. The fraction of sp³-hybridized carbons (Fsp3) is 0.417. The van der Waals surface area contributed by atoms with Crippen LogP contribution < -0.4 is 5.73 Å². The number of rotatable bonds is 2. The van der Waals surface area contributed by atoms with E-state index in [0.717, 1.165) is 16.4 Å². The average Bonchev–Trinajstić information content (AvgIpc) is 2.42. The molecule has 1 saturated heterocycles. The summed E-state index contributed by atoms with van der Waals surface area (Å²) in [5, 5.41) is 8.79. The van der Waals surface area contributed by atoms with Crippen LogP contribution in [0.4, 0.5) is 10.1 Å². The number of benzene rings is 1. The van der Waals surface area contributed by atoms with Crippen LogP contribution in [0.25, 0.3) is 0 Å². The summed E-state index contributed by atoms with van der Waals surface area (Å²) >= 11 is 0. The van der Waals surface area contributed by atoms with Crippen LogP contribution in [-0.4, -0.2) is 38.5 Å². The molecule has 2 N–H and O–H groups in total. The van der Waals surface area contributed by atoms with E-state index in [2.05, 4.69) is 0 Å². The lowest BCUT2D eigenvalue weighted by Gasteiger charge is -2.29. The number of aryl methyl sites for hydroxylation is 1. The predicted octanol–water partition coefficient (Wildman–Crippen LogP) is 0.629. The third-order valence-electron chi connectivity index (χ3n) is 3.11. The Bertz CT molecular complexity index is 669. The number of anilines is 1. The van der Waals surface area contributed by atoms with Gasteiger partial charge in [-0.3, -0.25) is 0 Å². The van der Waals surface area contributed by atoms with Gasteiger partial charge in [0.05, 0.1) is 19.2 Å². The molecule has 8 heteroatoms. The van der Waals surface area contributed by atoms with Crippen molar-refractivity contribution in [3.63, 3.8) is 0 Å². The summed E-state index contributed by atoms with van der Waals surface area (Å²) in [5.41, 5.74) is 6.32. The maximum absolute atomic E-state index is 13.9. The van der Waals surface area contributed by atoms with E-state index in [0.29, 0.717) is 5.56 Å². The molecule has 1 fully saturated rings. The number of sulfonamides is 1. The van der Waals surface area contributed by atoms with Crippen molar-refractivity contribution < 1.29 is 17.5 Å². The van der Waals surface area contributed by atoms with Gasteiger partial charge in [0.1, 0.15) is 10.7 Å². The fourth-order valence-corrected chi connectivity index (χ4v) is 3.43. The second kappa shape index (κ2) is 5.36. The molecule has 0 amide bonds. The molecular weight excluding hydrogens is 285 g/mol. The van der Waals surface area contributed by atoms with Gasteiger partial charge in [-0.2, -0.15) is 9.57 Å². The van der Waals surface area contributed by atoms with Crippen LogP contribution in [0.1, 0.15) is 5.56 Å². The SMILES string of the molecule is Cc1cc(F)c(S(=O)(=O)N2CCOC(C#N)C2)cc1N. The van der Waals surface area contributed by atoms with Crippen LogP contribution in [0, 0.1) is 24.1 Å². The molecule has 1 heterocycles. The van der Waals surface area contributed by atoms with Gasteiger partial charge in [-0.1, -0.05) is 0 Å². The van der Waals surface area contributed by atoms with Gasteiger partial charge in [-0.05, 0) is 24.6 Å². The summed E-state index contributed by atoms with van der Waals surface area (Å²) in [6.07, 6.45) is -0.843. The molecule has 1 unspecified atom stereocenters. The summed E-state index contributed by atoms with van der Waals surface area (Å²) < 4.78 is 44.8. The zero-order valence-electron chi connectivity index (χ0n) is 10.8. The molecule has 2 rings (SSSR count). The van der Waals surface area contributed by atoms with Crippen molar-refractivity contribution in [2.75, 3.05) is 25.4 Å². The molecule has 108 valence electrons. The summed E-state index contributed by atoms with van der Waals surface area (Å²) in [6.45, 7) is 1.65. The topological polar surface area (TPSA) is 96.4 Å². The maximum atomic E-state index is 13.9. The number of ether oxygens (including phenoxy) is 1. The second-order valence-electron chi connectivity index (χ2n) is 4.49. The van der Waals surface area contributed by atoms with Crippen LogP contribution in [-0.2, 0) is 14.8 Å². The number of hydrogen-bond donors (Lipinski definition) is 1. The molecule has 0 spiro atoms. The van der Waals surface area contributed by atoms with E-state index in [1.54, 1.807) is 6.92 Å². The molecule has 0 saturated carbocycles. The first-order valence-corrected chi connectivity index (χ1v) is 7.37. The van der Waals surface area contributed by atoms with E-state index in [-0.39, 0.29) is 25.4 Å². The van der Waals surface area contributed by atoms with E-state index < -0.39 is 26.8 Å². The molecule has 1 aromatic rings. The predicted molar refractivity (Wildman–Crippen MR) is 69.7 cm³/mol. The van der Waals surface area contributed by atoms with Crippen molar-refractivity contribution in [1.82, 2.24) is 4.31 Å². The molecule has 1 atom stereocenters. The Labute approximate surface area is 116 Å². The standard InChI is InChI=1S/C12H14FN3O3S/c1-8-4-10(13)12(5-11(8)15)20(17,18)16-2-3-19-9(6-14)7-16/h4-5,9H,2-3,7,15H2,1H3. The highest BCUT2D eigenvalue weighted by Gasteiger charge is 2.33. The number of hydrogen-bond acceptors (Lipinski definition) is 5. The number of nitrogens with zero attached hydrogens (tertiary/aromatic N) is 2. The smallest absolute Gasteiger partial charge is 0.246 e. The Kier molecular flexibility index (Phi) is 3.94. The quantitative estimate of drug-likeness (QED) is 0.808. The van der Waals surface area contributed by atoms with Crippen molar-refractivity contribution in [3.8, 4) is 6.07 Å². The molecule has 1 aliphatic heterocycles. The van der Waals surface area contributed by atoms with Crippen LogP contribution in [0.5, 0.6) is 0 Å². The van der Waals surface area contributed by atoms with Crippen LogP contribution in [0.15, 0.2) is 17.0 Å². The third-order valence-corrected chi connectivity index (χ3v) is 4.99. The van der Waals surface area contributed by atoms with Crippen LogP contribution >= 0.6 is 0 Å². The monoisotopic (exact) mass is 299 g/mol. The Morgan fingerprint density at radius 1 is 1.55 bits per heavy atom. The first-order valence-electron chi connectivity index (χ1n) is 5.93. The van der Waals surface area contributed by atoms with Gasteiger partial charge in [-0.15, -0.1) is 0 Å². The molecule has 0 aromatic heterocycles. The summed E-state index contributed by atoms with van der Waals surface area (Å²) in [6, 6.07) is 4.04. The van der Waals surface area contributed by atoms with E-state index in [4.69, 9.17) is 15.7 Å². The zero-order chi connectivity index (χ0) is 14.9. The number of nitrogen functional groups attached to an aromatic ring is 1. The first-order chi connectivity index (χ1) is 9.36. The van der Waals surface area contributed by atoms with Crippen molar-refractivity contribution in [2.24, 2.45) is 0 Å². The number of nitriles is 1. The number of nitrogens with two attached hydrogens (primary N) is 1. The maximum Gasteiger partial charge on any atom is 0.246 e. The minimum Gasteiger partial charge on any atom is -0.398 e. The van der Waals surface area contributed by atoms with E-state index in [1.807, 2.05) is 6.07 Å². The Morgan fingerprint density at radius 3 is 2.90 bits per heavy atom. The van der Waals surface area contributed by atoms with Gasteiger partial charge in [0.2, 0.25) is 10.0 Å². The van der Waals surface area contributed by atoms with E-state index >= 15 is 0 Å². The summed E-state index contributed by atoms with van der Waals surface area (Å²) in [4.78, 5) is -0.473. The number of halogens is 1. The Morgan fingerprint density at radius 2 is 2.25 bits per heavy atom. The van der Waals surface area contributed by atoms with Gasteiger partial charge in [0, 0.05) is 12.2 Å². The third kappa shape index (κ3) is 2.60. The van der Waals surface area contributed by atoms with E-state index in [1.165, 1.54) is 0 Å². The van der Waals surface area contributed by atoms with Crippen LogP contribution in [0.2, 0.25) is 0 Å². The lowest BCUT2D eigenvalue weighted by atomic mass is 10.2. The molecular formula is C12H14FN3O3S. The molecule has 1 aromatic carbocycles. The highest BCUT2D eigenvalue weighted by molar-refractivity contribution is 7.89. The minimum atomic E-state index is -4.03. The highest BCUT2D eigenvalue weighted by atomic mass is 32.2. The van der Waals surface area contributed by atoms with Gasteiger partial charge in [0.15, 0.2) is 6.10 Å². The van der Waals surface area contributed by atoms with Gasteiger partial charge in [0.25, 0.3) is 0 Å². The van der Waals surface area contributed by atoms with Crippen molar-refractivity contribution >= 4 is 15.7 Å². The summed E-state index contributed by atoms with van der Waals surface area (Å²) in [7, 11) is -4.03. The Hall–Kier alpha value is -1.69. The van der Waals surface area contributed by atoms with Gasteiger partial charge >= 0.3 is 0 Å². The minimum absolute atomic E-state index is 0.0771.